The van der Waals surface area contributed by atoms with Crippen LogP contribution in [0.15, 0.2) is 47.4 Å². The summed E-state index contributed by atoms with van der Waals surface area (Å²) in [7, 11) is -3.61. The van der Waals surface area contributed by atoms with Crippen LogP contribution in [0.1, 0.15) is 27.0 Å². The minimum absolute atomic E-state index is 0.201. The van der Waals surface area contributed by atoms with Crippen LogP contribution < -0.4 is 0 Å². The fourth-order valence-electron chi connectivity index (χ4n) is 2.07. The molecule has 0 radical (unpaired) electrons. The number of carbonyl (C=O) groups is 1. The van der Waals surface area contributed by atoms with Crippen molar-refractivity contribution in [2.45, 2.75) is 25.7 Å². The summed E-state index contributed by atoms with van der Waals surface area (Å²) in [6.07, 6.45) is 0. The number of carbonyl (C=O) groups excluding carboxylic acids is 1. The zero-order chi connectivity index (χ0) is 15.6. The van der Waals surface area contributed by atoms with Gasteiger partial charge in [0.05, 0.1) is 4.90 Å². The maximum absolute atomic E-state index is 12.3. The topological polar surface area (TPSA) is 51.2 Å². The molecule has 0 aliphatic heterocycles. The number of hydrogen-bond acceptors (Lipinski definition) is 3. The maximum atomic E-state index is 12.3. The summed E-state index contributed by atoms with van der Waals surface area (Å²) in [6, 6.07) is 11.9. The van der Waals surface area contributed by atoms with Gasteiger partial charge in [-0.3, -0.25) is 4.79 Å². The van der Waals surface area contributed by atoms with Gasteiger partial charge in [0.2, 0.25) is 0 Å². The molecule has 0 aromatic heterocycles. The van der Waals surface area contributed by atoms with Crippen LogP contribution in [0, 0.1) is 20.8 Å². The van der Waals surface area contributed by atoms with E-state index in [1.54, 1.807) is 36.4 Å². The lowest BCUT2D eigenvalue weighted by molar-refractivity contribution is 0.102. The third kappa shape index (κ3) is 3.58. The molecule has 0 N–H and O–H groups in total. The van der Waals surface area contributed by atoms with Gasteiger partial charge >= 0.3 is 0 Å². The number of sulfone groups is 1. The normalized spacial score (nSPS) is 11.4. The Kier molecular flexibility index (Phi) is 4.28. The first kappa shape index (κ1) is 15.4. The van der Waals surface area contributed by atoms with Crippen LogP contribution in [0.4, 0.5) is 0 Å². The Morgan fingerprint density at radius 2 is 1.67 bits per heavy atom. The summed E-state index contributed by atoms with van der Waals surface area (Å²) in [4.78, 5) is 12.4. The highest BCUT2D eigenvalue weighted by atomic mass is 32.2. The molecule has 3 nitrogen and oxygen atoms in total. The van der Waals surface area contributed by atoms with Gasteiger partial charge in [0.1, 0.15) is 5.75 Å². The minimum Gasteiger partial charge on any atom is -0.293 e. The molecule has 2 aromatic carbocycles. The molecule has 21 heavy (non-hydrogen) atoms. The highest BCUT2D eigenvalue weighted by Gasteiger charge is 2.20. The molecule has 0 saturated heterocycles. The van der Waals surface area contributed by atoms with Gasteiger partial charge in [-0.1, -0.05) is 29.8 Å². The zero-order valence-electron chi connectivity index (χ0n) is 12.4. The number of aryl methyl sites for hydroxylation is 3. The van der Waals surface area contributed by atoms with Crippen LogP contribution in [0.5, 0.6) is 0 Å². The summed E-state index contributed by atoms with van der Waals surface area (Å²) in [5.74, 6) is -0.879. The van der Waals surface area contributed by atoms with E-state index in [9.17, 15) is 13.2 Å². The Balaban J connectivity index is 2.29. The fraction of sp³-hybridized carbons (Fsp3) is 0.235. The Morgan fingerprint density at radius 1 is 0.952 bits per heavy atom. The first-order valence-electron chi connectivity index (χ1n) is 6.69. The smallest absolute Gasteiger partial charge is 0.185 e. The molecule has 0 amide bonds. The summed E-state index contributed by atoms with van der Waals surface area (Å²) in [5, 5.41) is 0. The molecular formula is C17H18O3S. The zero-order valence-corrected chi connectivity index (χ0v) is 13.2. The molecule has 0 fully saturated rings. The van der Waals surface area contributed by atoms with E-state index in [1.165, 1.54) is 0 Å². The number of hydrogen-bond donors (Lipinski definition) is 0. The van der Waals surface area contributed by atoms with Crippen LogP contribution in [-0.2, 0) is 9.84 Å². The number of rotatable bonds is 4. The van der Waals surface area contributed by atoms with Gasteiger partial charge in [0, 0.05) is 5.56 Å². The molecule has 0 aliphatic carbocycles. The van der Waals surface area contributed by atoms with Crippen LogP contribution in [0.2, 0.25) is 0 Å². The lowest BCUT2D eigenvalue weighted by Crippen LogP contribution is -2.16. The van der Waals surface area contributed by atoms with Crippen LogP contribution in [-0.4, -0.2) is 20.0 Å². The van der Waals surface area contributed by atoms with Crippen molar-refractivity contribution in [3.8, 4) is 0 Å². The maximum Gasteiger partial charge on any atom is 0.185 e. The molecule has 0 unspecified atom stereocenters. The van der Waals surface area contributed by atoms with E-state index in [-0.39, 0.29) is 10.7 Å². The standard InChI is InChI=1S/C17H18O3S/c1-12-5-4-6-15(9-12)17(18)11-21(19,20)16-8-7-13(2)14(3)10-16/h4-10H,11H2,1-3H3. The predicted octanol–water partition coefficient (Wildman–Crippen LogP) is 3.27. The van der Waals surface area contributed by atoms with Crippen LogP contribution >= 0.6 is 0 Å². The average molecular weight is 302 g/mol. The Bertz CT molecular complexity index is 789. The SMILES string of the molecule is Cc1cccc(C(=O)CS(=O)(=O)c2ccc(C)c(C)c2)c1. The largest absolute Gasteiger partial charge is 0.293 e. The van der Waals surface area contributed by atoms with Crippen molar-refractivity contribution in [1.29, 1.82) is 0 Å². The van der Waals surface area contributed by atoms with Gasteiger partial charge in [-0.05, 0) is 50.1 Å². The Hall–Kier alpha value is -1.94. The molecule has 0 spiro atoms. The van der Waals surface area contributed by atoms with Crippen LogP contribution in [0.25, 0.3) is 0 Å². The van der Waals surface area contributed by atoms with E-state index in [4.69, 9.17) is 0 Å². The second kappa shape index (κ2) is 5.82. The van der Waals surface area contributed by atoms with Gasteiger partial charge in [-0.2, -0.15) is 0 Å². The Morgan fingerprint density at radius 3 is 2.29 bits per heavy atom. The van der Waals surface area contributed by atoms with Crippen LogP contribution in [0.3, 0.4) is 0 Å². The van der Waals surface area contributed by atoms with E-state index in [0.717, 1.165) is 16.7 Å². The predicted molar refractivity (Wildman–Crippen MR) is 83.5 cm³/mol. The first-order chi connectivity index (χ1) is 9.79. The molecule has 2 aromatic rings. The lowest BCUT2D eigenvalue weighted by Gasteiger charge is -2.07. The van der Waals surface area contributed by atoms with E-state index in [1.807, 2.05) is 26.8 Å². The minimum atomic E-state index is -3.61. The quantitative estimate of drug-likeness (QED) is 0.815. The van der Waals surface area contributed by atoms with Crippen molar-refractivity contribution in [3.63, 3.8) is 0 Å². The monoisotopic (exact) mass is 302 g/mol. The molecule has 110 valence electrons. The van der Waals surface area contributed by atoms with Gasteiger partial charge in [0.15, 0.2) is 15.6 Å². The van der Waals surface area contributed by atoms with Crippen molar-refractivity contribution in [3.05, 3.63) is 64.7 Å². The van der Waals surface area contributed by atoms with E-state index in [0.29, 0.717) is 5.56 Å². The van der Waals surface area contributed by atoms with E-state index >= 15 is 0 Å². The molecule has 0 atom stereocenters. The van der Waals surface area contributed by atoms with Crippen molar-refractivity contribution in [2.75, 3.05) is 5.75 Å². The summed E-state index contributed by atoms with van der Waals surface area (Å²) < 4.78 is 24.7. The summed E-state index contributed by atoms with van der Waals surface area (Å²) in [6.45, 7) is 5.65. The van der Waals surface area contributed by atoms with Crippen molar-refractivity contribution in [1.82, 2.24) is 0 Å². The second-order valence-electron chi connectivity index (χ2n) is 5.30. The van der Waals surface area contributed by atoms with Gasteiger partial charge in [-0.25, -0.2) is 8.42 Å². The van der Waals surface area contributed by atoms with Crippen molar-refractivity contribution in [2.24, 2.45) is 0 Å². The molecule has 0 bridgehead atoms. The molecule has 4 heteroatoms. The van der Waals surface area contributed by atoms with Gasteiger partial charge in [0.25, 0.3) is 0 Å². The third-order valence-corrected chi connectivity index (χ3v) is 5.11. The highest BCUT2D eigenvalue weighted by Crippen LogP contribution is 2.17. The molecule has 0 heterocycles. The van der Waals surface area contributed by atoms with E-state index in [2.05, 4.69) is 0 Å². The van der Waals surface area contributed by atoms with E-state index < -0.39 is 15.6 Å². The summed E-state index contributed by atoms with van der Waals surface area (Å²) in [5.41, 5.74) is 3.30. The van der Waals surface area contributed by atoms with Crippen molar-refractivity contribution < 1.29 is 13.2 Å². The number of ketones is 1. The Labute approximate surface area is 125 Å². The lowest BCUT2D eigenvalue weighted by atomic mass is 10.1. The van der Waals surface area contributed by atoms with Gasteiger partial charge in [-0.15, -0.1) is 0 Å². The first-order valence-corrected chi connectivity index (χ1v) is 8.35. The number of Topliss-reactive ketones (excluding diaryl/α,β-unsaturated/α-hetero) is 1. The van der Waals surface area contributed by atoms with Gasteiger partial charge < -0.3 is 0 Å². The average Bonchev–Trinajstić information content (AvgIpc) is 2.41. The molecule has 2 rings (SSSR count). The van der Waals surface area contributed by atoms with Crippen molar-refractivity contribution >= 4 is 15.6 Å². The molecule has 0 saturated carbocycles. The summed E-state index contributed by atoms with van der Waals surface area (Å²) >= 11 is 0. The fourth-order valence-corrected chi connectivity index (χ4v) is 3.38. The molecular weight excluding hydrogens is 284 g/mol. The molecule has 0 aliphatic rings. The number of benzene rings is 2. The second-order valence-corrected chi connectivity index (χ2v) is 7.29. The third-order valence-electron chi connectivity index (χ3n) is 3.50. The highest BCUT2D eigenvalue weighted by molar-refractivity contribution is 7.92.